The van der Waals surface area contributed by atoms with E-state index in [4.69, 9.17) is 0 Å². The summed E-state index contributed by atoms with van der Waals surface area (Å²) in [5, 5.41) is 7.10. The van der Waals surface area contributed by atoms with Crippen molar-refractivity contribution in [2.75, 3.05) is 7.05 Å². The Morgan fingerprint density at radius 2 is 1.10 bits per heavy atom. The van der Waals surface area contributed by atoms with Crippen LogP contribution in [-0.4, -0.2) is 48.2 Å². The van der Waals surface area contributed by atoms with Crippen LogP contribution < -0.4 is 10.6 Å². The molecule has 252 valence electrons. The fourth-order valence-corrected chi connectivity index (χ4v) is 4.40. The van der Waals surface area contributed by atoms with Crippen LogP contribution in [0.3, 0.4) is 0 Å². The fraction of sp³-hybridized carbons (Fsp3) is 0.889. The fourth-order valence-electron chi connectivity index (χ4n) is 4.40. The summed E-state index contributed by atoms with van der Waals surface area (Å²) in [5.41, 5.74) is 0. The second-order valence-corrected chi connectivity index (χ2v) is 12.8. The predicted octanol–water partition coefficient (Wildman–Crippen LogP) is 10.3. The standard InChI is InChI=1S/2C11H23N.C10H21N.4CH4.2Y/c1-8(2)10(5)11(6)12(7)9(3)4;1-7-11(12-9(4)5)10(6)8(2)3;1-7(2)9-5-6-10(9)11-8(3)4;;;;;;/h8-11H,5-6H2,1-4,7H3;8-12H,1,6-7H2,2-5H3;7-11H,5-6H2,1-4H3;4*1H4;;/q2*-2;;;;;;;/t2*10-,11-;9-,10-;;;;;;/m111....../s1. The first-order valence-corrected chi connectivity index (χ1v) is 14.5. The molecule has 2 N–H and O–H groups in total. The maximum atomic E-state index is 4.16. The number of hydrogen-bond donors (Lipinski definition) is 2. The third-order valence-corrected chi connectivity index (χ3v) is 7.65. The van der Waals surface area contributed by atoms with Crippen molar-refractivity contribution in [2.45, 2.75) is 168 Å². The molecule has 0 aromatic rings. The minimum Gasteiger partial charge on any atom is -0.342 e. The number of rotatable bonds is 12. The van der Waals surface area contributed by atoms with Crippen LogP contribution in [0.4, 0.5) is 0 Å². The Balaban J connectivity index is -0.0000000619. The maximum Gasteiger partial charge on any atom is 0.0100 e. The average Bonchev–Trinajstić information content (AvgIpc) is 2.72. The van der Waals surface area contributed by atoms with E-state index in [0.29, 0.717) is 53.9 Å². The Kier molecular flexibility index (Phi) is 50.6. The van der Waals surface area contributed by atoms with Crippen LogP contribution in [0, 0.1) is 63.2 Å². The molecule has 0 aromatic heterocycles. The molecule has 0 aromatic carbocycles. The summed E-state index contributed by atoms with van der Waals surface area (Å²) in [6.07, 6.45) is 3.74. The first kappa shape index (κ1) is 62.0. The second kappa shape index (κ2) is 33.5. The van der Waals surface area contributed by atoms with Gasteiger partial charge in [-0.25, -0.2) is 0 Å². The van der Waals surface area contributed by atoms with Gasteiger partial charge in [0.1, 0.15) is 0 Å². The summed E-state index contributed by atoms with van der Waals surface area (Å²) in [4.78, 5) is 2.28. The van der Waals surface area contributed by atoms with E-state index in [1.165, 1.54) is 12.8 Å². The van der Waals surface area contributed by atoms with Crippen LogP contribution in [0.15, 0.2) is 0 Å². The summed E-state index contributed by atoms with van der Waals surface area (Å²) in [7, 11) is 2.11. The average molecular weight is 736 g/mol. The first-order valence-electron chi connectivity index (χ1n) is 14.5. The van der Waals surface area contributed by atoms with Crippen molar-refractivity contribution in [1.82, 2.24) is 15.5 Å². The van der Waals surface area contributed by atoms with Gasteiger partial charge in [0.25, 0.3) is 0 Å². The quantitative estimate of drug-likeness (QED) is 0.196. The third kappa shape index (κ3) is 28.1. The molecule has 5 heteroatoms. The van der Waals surface area contributed by atoms with Gasteiger partial charge in [0.2, 0.25) is 0 Å². The molecule has 0 saturated heterocycles. The zero-order chi connectivity index (χ0) is 28.0. The largest absolute Gasteiger partial charge is 0.342 e. The molecule has 1 aliphatic carbocycles. The van der Waals surface area contributed by atoms with Crippen molar-refractivity contribution in [2.24, 2.45) is 35.5 Å². The monoisotopic (exact) mass is 735 g/mol. The Hall–Kier alpha value is 2.09. The molecule has 0 heterocycles. The molecule has 1 saturated carbocycles. The van der Waals surface area contributed by atoms with Crippen molar-refractivity contribution in [3.05, 3.63) is 27.7 Å². The van der Waals surface area contributed by atoms with Crippen molar-refractivity contribution >= 4 is 0 Å². The van der Waals surface area contributed by atoms with Crippen molar-refractivity contribution in [3.63, 3.8) is 0 Å². The van der Waals surface area contributed by atoms with Crippen LogP contribution in [0.5, 0.6) is 0 Å². The first-order chi connectivity index (χ1) is 16.0. The summed E-state index contributed by atoms with van der Waals surface area (Å²) in [5.74, 6) is 3.91. The van der Waals surface area contributed by atoms with Gasteiger partial charge in [-0.05, 0) is 51.6 Å². The molecule has 0 aliphatic heterocycles. The van der Waals surface area contributed by atoms with E-state index >= 15 is 0 Å². The van der Waals surface area contributed by atoms with E-state index in [9.17, 15) is 0 Å². The molecule has 0 amide bonds. The summed E-state index contributed by atoms with van der Waals surface area (Å²) >= 11 is 0. The molecule has 1 rings (SSSR count). The molecule has 0 spiro atoms. The van der Waals surface area contributed by atoms with E-state index in [2.05, 4.69) is 133 Å². The zero-order valence-corrected chi connectivity index (χ0v) is 33.2. The third-order valence-electron chi connectivity index (χ3n) is 7.65. The van der Waals surface area contributed by atoms with Crippen molar-refractivity contribution < 1.29 is 65.4 Å². The molecular formula is C36H83N3Y2-4. The van der Waals surface area contributed by atoms with Crippen LogP contribution in [0.2, 0.25) is 0 Å². The van der Waals surface area contributed by atoms with Gasteiger partial charge in [-0.1, -0.05) is 111 Å². The van der Waals surface area contributed by atoms with E-state index in [0.717, 1.165) is 24.3 Å². The Bertz CT molecular complexity index is 465. The smallest absolute Gasteiger partial charge is 0.0100 e. The Labute approximate surface area is 316 Å². The minimum atomic E-state index is 0. The van der Waals surface area contributed by atoms with E-state index in [1.54, 1.807) is 0 Å². The maximum absolute atomic E-state index is 4.16. The van der Waals surface area contributed by atoms with Crippen LogP contribution in [0.25, 0.3) is 0 Å². The van der Waals surface area contributed by atoms with E-state index in [-0.39, 0.29) is 95.1 Å². The normalized spacial score (nSPS) is 18.4. The van der Waals surface area contributed by atoms with Crippen LogP contribution >= 0.6 is 0 Å². The summed E-state index contributed by atoms with van der Waals surface area (Å²) in [6.45, 7) is 43.0. The molecule has 0 unspecified atom stereocenters. The van der Waals surface area contributed by atoms with E-state index in [1.807, 2.05) is 0 Å². The summed E-state index contributed by atoms with van der Waals surface area (Å²) < 4.78 is 0. The van der Waals surface area contributed by atoms with Crippen LogP contribution in [-0.2, 0) is 65.4 Å². The number of nitrogens with zero attached hydrogens (tertiary/aromatic N) is 1. The molecule has 2 radical (unpaired) electrons. The van der Waals surface area contributed by atoms with Crippen LogP contribution in [0.1, 0.15) is 132 Å². The van der Waals surface area contributed by atoms with Gasteiger partial charge in [0.15, 0.2) is 0 Å². The number of hydrogen-bond acceptors (Lipinski definition) is 3. The molecule has 6 atom stereocenters. The predicted molar refractivity (Wildman–Crippen MR) is 188 cm³/mol. The molecule has 3 nitrogen and oxygen atoms in total. The van der Waals surface area contributed by atoms with Gasteiger partial charge in [0.05, 0.1) is 0 Å². The Morgan fingerprint density at radius 3 is 1.32 bits per heavy atom. The van der Waals surface area contributed by atoms with Gasteiger partial charge in [0, 0.05) is 89.6 Å². The van der Waals surface area contributed by atoms with Crippen molar-refractivity contribution in [3.8, 4) is 0 Å². The van der Waals surface area contributed by atoms with Gasteiger partial charge in [-0.15, -0.1) is 6.04 Å². The SMILES string of the molecule is C.C.C.C.CC(C)N[C@@H]1CC[C@@H]1C(C)C.[CH2-]C[C@@H](NC(C)C)[C@H]([CH2-])C(C)C.[CH2-][C@H](C(C)C)[C@@H]([CH2-])N(C)C(C)C.[Y].[Y]. The second-order valence-electron chi connectivity index (χ2n) is 12.8. The summed E-state index contributed by atoms with van der Waals surface area (Å²) in [6, 6.07) is 3.33. The van der Waals surface area contributed by atoms with Gasteiger partial charge in [-0.3, -0.25) is 0 Å². The molecule has 1 fully saturated rings. The minimum absolute atomic E-state index is 0. The zero-order valence-electron chi connectivity index (χ0n) is 27.5. The molecule has 0 bridgehead atoms. The van der Waals surface area contributed by atoms with Gasteiger partial charge in [-0.2, -0.15) is 18.3 Å². The van der Waals surface area contributed by atoms with Crippen molar-refractivity contribution in [1.29, 1.82) is 0 Å². The van der Waals surface area contributed by atoms with Gasteiger partial charge < -0.3 is 43.2 Å². The number of nitrogens with one attached hydrogen (secondary N) is 2. The van der Waals surface area contributed by atoms with E-state index < -0.39 is 0 Å². The Morgan fingerprint density at radius 1 is 0.683 bits per heavy atom. The molecule has 41 heavy (non-hydrogen) atoms. The van der Waals surface area contributed by atoms with Gasteiger partial charge >= 0.3 is 0 Å². The molecular weight excluding hydrogens is 652 g/mol. The molecule has 1 aliphatic rings. The topological polar surface area (TPSA) is 27.3 Å².